The molecule has 0 saturated carbocycles. The van der Waals surface area contributed by atoms with Gasteiger partial charge >= 0.3 is 0 Å². The minimum absolute atomic E-state index is 0.330. The quantitative estimate of drug-likeness (QED) is 0.700. The van der Waals surface area contributed by atoms with E-state index in [0.29, 0.717) is 12.2 Å². The monoisotopic (exact) mass is 429 g/mol. The standard InChI is InChI=1S/C23H31N3O3S/c1-18-7-6-8-22(15-18)26(30(3,28)29)19(2)23(27)24-16-20-9-11-21(12-10-20)17-25-13-4-5-14-25/h6-12,15,19H,4-5,13-14,16-17H2,1-3H3,(H,24,27). The number of anilines is 1. The highest BCUT2D eigenvalue weighted by atomic mass is 32.2. The van der Waals surface area contributed by atoms with Crippen molar-refractivity contribution >= 4 is 21.6 Å². The summed E-state index contributed by atoms with van der Waals surface area (Å²) in [4.78, 5) is 15.2. The molecule has 0 aromatic heterocycles. The Hall–Kier alpha value is -2.38. The molecule has 1 atom stereocenters. The van der Waals surface area contributed by atoms with Crippen molar-refractivity contribution in [2.24, 2.45) is 0 Å². The maximum atomic E-state index is 12.7. The van der Waals surface area contributed by atoms with E-state index in [0.717, 1.165) is 37.0 Å². The lowest BCUT2D eigenvalue weighted by molar-refractivity contribution is -0.122. The molecule has 0 aliphatic carbocycles. The lowest BCUT2D eigenvalue weighted by atomic mass is 10.1. The van der Waals surface area contributed by atoms with Gasteiger partial charge in [0.15, 0.2) is 0 Å². The molecule has 1 saturated heterocycles. The van der Waals surface area contributed by atoms with Crippen LogP contribution in [0.4, 0.5) is 5.69 Å². The highest BCUT2D eigenvalue weighted by Gasteiger charge is 2.29. The van der Waals surface area contributed by atoms with Crippen LogP contribution in [0, 0.1) is 6.92 Å². The largest absolute Gasteiger partial charge is 0.350 e. The van der Waals surface area contributed by atoms with Crippen LogP contribution in [0.25, 0.3) is 0 Å². The summed E-state index contributed by atoms with van der Waals surface area (Å²) >= 11 is 0. The van der Waals surface area contributed by atoms with Gasteiger partial charge in [-0.15, -0.1) is 0 Å². The van der Waals surface area contributed by atoms with Gasteiger partial charge in [0.1, 0.15) is 6.04 Å². The van der Waals surface area contributed by atoms with E-state index in [1.165, 1.54) is 22.7 Å². The topological polar surface area (TPSA) is 69.7 Å². The summed E-state index contributed by atoms with van der Waals surface area (Å²) in [7, 11) is -3.61. The summed E-state index contributed by atoms with van der Waals surface area (Å²) in [5, 5.41) is 2.87. The summed E-state index contributed by atoms with van der Waals surface area (Å²) in [5.41, 5.74) is 3.68. The zero-order chi connectivity index (χ0) is 21.7. The Bertz CT molecular complexity index is 967. The predicted molar refractivity (Wildman–Crippen MR) is 121 cm³/mol. The molecule has 0 radical (unpaired) electrons. The SMILES string of the molecule is Cc1cccc(N(C(C)C(=O)NCc2ccc(CN3CCCC3)cc2)S(C)(=O)=O)c1. The lowest BCUT2D eigenvalue weighted by Crippen LogP contribution is -2.47. The lowest BCUT2D eigenvalue weighted by Gasteiger charge is -2.28. The fourth-order valence-corrected chi connectivity index (χ4v) is 5.04. The molecule has 2 aromatic carbocycles. The van der Waals surface area contributed by atoms with E-state index in [1.54, 1.807) is 25.1 Å². The summed E-state index contributed by atoms with van der Waals surface area (Å²) in [6.07, 6.45) is 3.67. The Kier molecular flexibility index (Phi) is 7.15. The third-order valence-corrected chi connectivity index (χ3v) is 6.68. The van der Waals surface area contributed by atoms with Crippen LogP contribution < -0.4 is 9.62 Å². The van der Waals surface area contributed by atoms with Gasteiger partial charge in [-0.2, -0.15) is 0 Å². The third-order valence-electron chi connectivity index (χ3n) is 5.44. The number of hydrogen-bond acceptors (Lipinski definition) is 4. The van der Waals surface area contributed by atoms with Crippen molar-refractivity contribution in [3.05, 3.63) is 65.2 Å². The van der Waals surface area contributed by atoms with Gasteiger partial charge in [0.25, 0.3) is 0 Å². The number of likely N-dealkylation sites (tertiary alicyclic amines) is 1. The molecule has 1 fully saturated rings. The van der Waals surface area contributed by atoms with Crippen LogP contribution in [0.5, 0.6) is 0 Å². The minimum atomic E-state index is -3.61. The van der Waals surface area contributed by atoms with Gasteiger partial charge in [0.05, 0.1) is 11.9 Å². The van der Waals surface area contributed by atoms with Gasteiger partial charge in [-0.1, -0.05) is 36.4 Å². The second-order valence-electron chi connectivity index (χ2n) is 8.09. The van der Waals surface area contributed by atoms with Gasteiger partial charge in [-0.3, -0.25) is 14.0 Å². The van der Waals surface area contributed by atoms with Crippen molar-refractivity contribution in [3.63, 3.8) is 0 Å². The smallest absolute Gasteiger partial charge is 0.243 e. The second-order valence-corrected chi connectivity index (χ2v) is 9.95. The number of hydrogen-bond donors (Lipinski definition) is 1. The third kappa shape index (κ3) is 5.83. The Morgan fingerprint density at radius 1 is 1.10 bits per heavy atom. The maximum absolute atomic E-state index is 12.7. The first kappa shape index (κ1) is 22.3. The molecule has 1 heterocycles. The maximum Gasteiger partial charge on any atom is 0.243 e. The molecule has 2 aromatic rings. The molecule has 1 amide bonds. The van der Waals surface area contributed by atoms with Gasteiger partial charge in [-0.25, -0.2) is 8.42 Å². The molecule has 1 N–H and O–H groups in total. The van der Waals surface area contributed by atoms with Crippen LogP contribution in [-0.2, 0) is 27.9 Å². The summed E-state index contributed by atoms with van der Waals surface area (Å²) in [5.74, 6) is -0.330. The van der Waals surface area contributed by atoms with E-state index in [-0.39, 0.29) is 5.91 Å². The van der Waals surface area contributed by atoms with Crippen molar-refractivity contribution < 1.29 is 13.2 Å². The molecule has 3 rings (SSSR count). The van der Waals surface area contributed by atoms with Crippen molar-refractivity contribution in [1.29, 1.82) is 0 Å². The Morgan fingerprint density at radius 3 is 2.33 bits per heavy atom. The van der Waals surface area contributed by atoms with E-state index in [4.69, 9.17) is 0 Å². The van der Waals surface area contributed by atoms with Crippen LogP contribution in [0.2, 0.25) is 0 Å². The molecule has 6 nitrogen and oxygen atoms in total. The highest BCUT2D eigenvalue weighted by Crippen LogP contribution is 2.22. The van der Waals surface area contributed by atoms with E-state index in [9.17, 15) is 13.2 Å². The van der Waals surface area contributed by atoms with Crippen molar-refractivity contribution in [2.45, 2.75) is 45.8 Å². The van der Waals surface area contributed by atoms with Crippen LogP contribution in [0.15, 0.2) is 48.5 Å². The normalized spacial score (nSPS) is 15.7. The molecular weight excluding hydrogens is 398 g/mol. The fraction of sp³-hybridized carbons (Fsp3) is 0.435. The number of carbonyl (C=O) groups is 1. The van der Waals surface area contributed by atoms with Crippen LogP contribution in [0.1, 0.15) is 36.5 Å². The molecule has 0 bridgehead atoms. The van der Waals surface area contributed by atoms with Gasteiger partial charge < -0.3 is 5.32 Å². The Morgan fingerprint density at radius 2 is 1.73 bits per heavy atom. The number of aryl methyl sites for hydroxylation is 1. The average Bonchev–Trinajstić information content (AvgIpc) is 3.19. The Balaban J connectivity index is 1.62. The average molecular weight is 430 g/mol. The first-order chi connectivity index (χ1) is 14.2. The van der Waals surface area contributed by atoms with Crippen molar-refractivity contribution in [3.8, 4) is 0 Å². The summed E-state index contributed by atoms with van der Waals surface area (Å²) in [6.45, 7) is 7.14. The van der Waals surface area contributed by atoms with Crippen LogP contribution in [0.3, 0.4) is 0 Å². The van der Waals surface area contributed by atoms with E-state index in [1.807, 2.05) is 25.1 Å². The zero-order valence-corrected chi connectivity index (χ0v) is 18.8. The molecule has 30 heavy (non-hydrogen) atoms. The number of amides is 1. The van der Waals surface area contributed by atoms with Crippen molar-refractivity contribution in [1.82, 2.24) is 10.2 Å². The minimum Gasteiger partial charge on any atom is -0.350 e. The molecular formula is C23H31N3O3S. The first-order valence-corrected chi connectivity index (χ1v) is 12.2. The molecule has 7 heteroatoms. The van der Waals surface area contributed by atoms with E-state index >= 15 is 0 Å². The Labute approximate surface area is 179 Å². The molecule has 162 valence electrons. The molecule has 1 aliphatic heterocycles. The van der Waals surface area contributed by atoms with Crippen molar-refractivity contribution in [2.75, 3.05) is 23.7 Å². The second kappa shape index (κ2) is 9.62. The fourth-order valence-electron chi connectivity index (χ4n) is 3.87. The van der Waals surface area contributed by atoms with Crippen LogP contribution >= 0.6 is 0 Å². The summed E-state index contributed by atoms with van der Waals surface area (Å²) in [6, 6.07) is 14.5. The number of carbonyl (C=O) groups excluding carboxylic acids is 1. The van der Waals surface area contributed by atoms with E-state index < -0.39 is 16.1 Å². The predicted octanol–water partition coefficient (Wildman–Crippen LogP) is 3.06. The number of sulfonamides is 1. The van der Waals surface area contributed by atoms with Crippen LogP contribution in [-0.4, -0.2) is 44.6 Å². The van der Waals surface area contributed by atoms with Gasteiger partial charge in [0, 0.05) is 13.1 Å². The zero-order valence-electron chi connectivity index (χ0n) is 18.0. The molecule has 1 unspecified atom stereocenters. The molecule has 1 aliphatic rings. The number of benzene rings is 2. The highest BCUT2D eigenvalue weighted by molar-refractivity contribution is 7.92. The van der Waals surface area contributed by atoms with E-state index in [2.05, 4.69) is 22.3 Å². The number of nitrogens with one attached hydrogen (secondary N) is 1. The summed E-state index contributed by atoms with van der Waals surface area (Å²) < 4.78 is 25.9. The number of nitrogens with zero attached hydrogens (tertiary/aromatic N) is 2. The van der Waals surface area contributed by atoms with Gasteiger partial charge in [-0.05, 0) is 68.6 Å². The van der Waals surface area contributed by atoms with Gasteiger partial charge in [0.2, 0.25) is 15.9 Å². The first-order valence-electron chi connectivity index (χ1n) is 10.4. The number of rotatable bonds is 8. The molecule has 0 spiro atoms.